The van der Waals surface area contributed by atoms with E-state index < -0.39 is 0 Å². The van der Waals surface area contributed by atoms with E-state index in [1.54, 1.807) is 0 Å². The lowest BCUT2D eigenvalue weighted by Crippen LogP contribution is -2.49. The Morgan fingerprint density at radius 3 is 2.65 bits per heavy atom. The molecule has 0 aromatic heterocycles. The molecule has 2 rings (SSSR count). The summed E-state index contributed by atoms with van der Waals surface area (Å²) in [5.74, 6) is 0.546. The van der Waals surface area contributed by atoms with Gasteiger partial charge in [0.2, 0.25) is 0 Å². The van der Waals surface area contributed by atoms with Crippen molar-refractivity contribution < 1.29 is 4.39 Å². The van der Waals surface area contributed by atoms with Gasteiger partial charge in [0, 0.05) is 17.0 Å². The van der Waals surface area contributed by atoms with Gasteiger partial charge in [-0.15, -0.1) is 0 Å². The number of halogens is 2. The van der Waals surface area contributed by atoms with Gasteiger partial charge in [-0.1, -0.05) is 44.4 Å². The van der Waals surface area contributed by atoms with Crippen LogP contribution in [0.4, 0.5) is 4.39 Å². The standard InChI is InChI=1S/C17H25ClFN/c1-3-5-13-10-17(11-13,12-20-8-4-2)15-7-6-14(19)9-16(15)18/h6-7,9,13,20H,3-5,8,10-12H2,1-2H3. The van der Waals surface area contributed by atoms with Crippen molar-refractivity contribution in [2.75, 3.05) is 13.1 Å². The normalized spacial score (nSPS) is 25.5. The SMILES string of the molecule is CCCNCC1(c2ccc(F)cc2Cl)CC(CCC)C1. The van der Waals surface area contributed by atoms with E-state index in [0.29, 0.717) is 5.02 Å². The average molecular weight is 298 g/mol. The van der Waals surface area contributed by atoms with Crippen LogP contribution in [0.5, 0.6) is 0 Å². The van der Waals surface area contributed by atoms with E-state index in [1.165, 1.54) is 37.8 Å². The van der Waals surface area contributed by atoms with E-state index in [2.05, 4.69) is 19.2 Å². The van der Waals surface area contributed by atoms with Gasteiger partial charge >= 0.3 is 0 Å². The van der Waals surface area contributed by atoms with Crippen LogP contribution in [0.3, 0.4) is 0 Å². The zero-order valence-electron chi connectivity index (χ0n) is 12.5. The van der Waals surface area contributed by atoms with Crippen molar-refractivity contribution in [3.63, 3.8) is 0 Å². The van der Waals surface area contributed by atoms with E-state index in [-0.39, 0.29) is 11.2 Å². The molecule has 1 aromatic carbocycles. The average Bonchev–Trinajstić information content (AvgIpc) is 2.36. The van der Waals surface area contributed by atoms with Crippen LogP contribution in [-0.2, 0) is 5.41 Å². The summed E-state index contributed by atoms with van der Waals surface area (Å²) in [6, 6.07) is 4.87. The molecule has 0 radical (unpaired) electrons. The lowest BCUT2D eigenvalue weighted by molar-refractivity contribution is 0.129. The number of rotatable bonds is 7. The van der Waals surface area contributed by atoms with Gasteiger partial charge in [-0.05, 0) is 49.4 Å². The minimum atomic E-state index is -0.250. The molecule has 0 unspecified atom stereocenters. The van der Waals surface area contributed by atoms with Crippen molar-refractivity contribution in [1.29, 1.82) is 0 Å². The molecule has 0 bridgehead atoms. The second-order valence-corrected chi connectivity index (χ2v) is 6.55. The highest BCUT2D eigenvalue weighted by molar-refractivity contribution is 6.31. The summed E-state index contributed by atoms with van der Waals surface area (Å²) in [6.07, 6.45) is 5.99. The lowest BCUT2D eigenvalue weighted by atomic mass is 9.57. The van der Waals surface area contributed by atoms with Crippen molar-refractivity contribution in [1.82, 2.24) is 5.32 Å². The molecule has 112 valence electrons. The van der Waals surface area contributed by atoms with Crippen molar-refractivity contribution in [2.45, 2.75) is 51.4 Å². The fourth-order valence-electron chi connectivity index (χ4n) is 3.54. The minimum absolute atomic E-state index is 0.111. The number of benzene rings is 1. The van der Waals surface area contributed by atoms with E-state index in [1.807, 2.05) is 6.07 Å². The maximum absolute atomic E-state index is 13.3. The van der Waals surface area contributed by atoms with Gasteiger partial charge in [0.15, 0.2) is 0 Å². The maximum atomic E-state index is 13.3. The summed E-state index contributed by atoms with van der Waals surface area (Å²) in [7, 11) is 0. The van der Waals surface area contributed by atoms with Gasteiger partial charge < -0.3 is 5.32 Å². The summed E-state index contributed by atoms with van der Waals surface area (Å²) >= 11 is 6.30. The molecule has 1 N–H and O–H groups in total. The molecule has 1 aliphatic carbocycles. The van der Waals surface area contributed by atoms with Crippen LogP contribution in [0, 0.1) is 11.7 Å². The number of hydrogen-bond donors (Lipinski definition) is 1. The zero-order valence-corrected chi connectivity index (χ0v) is 13.3. The number of nitrogens with one attached hydrogen (secondary N) is 1. The first-order valence-electron chi connectivity index (χ1n) is 7.77. The Bertz CT molecular complexity index is 435. The summed E-state index contributed by atoms with van der Waals surface area (Å²) in [4.78, 5) is 0. The smallest absolute Gasteiger partial charge is 0.124 e. The van der Waals surface area contributed by atoms with Crippen LogP contribution >= 0.6 is 11.6 Å². The third-order valence-electron chi connectivity index (χ3n) is 4.45. The Morgan fingerprint density at radius 2 is 2.05 bits per heavy atom. The largest absolute Gasteiger partial charge is 0.316 e. The minimum Gasteiger partial charge on any atom is -0.316 e. The van der Waals surface area contributed by atoms with Crippen LogP contribution in [-0.4, -0.2) is 13.1 Å². The second kappa shape index (κ2) is 6.91. The second-order valence-electron chi connectivity index (χ2n) is 6.14. The van der Waals surface area contributed by atoms with Gasteiger partial charge in [0.05, 0.1) is 0 Å². The highest BCUT2D eigenvalue weighted by Crippen LogP contribution is 2.51. The Labute approximate surface area is 126 Å². The predicted octanol–water partition coefficient (Wildman–Crippen LogP) is 4.93. The Kier molecular flexibility index (Phi) is 5.45. The van der Waals surface area contributed by atoms with Gasteiger partial charge in [0.25, 0.3) is 0 Å². The molecule has 0 spiro atoms. The first kappa shape index (κ1) is 15.8. The predicted molar refractivity (Wildman–Crippen MR) is 83.9 cm³/mol. The topological polar surface area (TPSA) is 12.0 Å². The monoisotopic (exact) mass is 297 g/mol. The molecule has 1 fully saturated rings. The third-order valence-corrected chi connectivity index (χ3v) is 4.76. The molecule has 1 nitrogen and oxygen atoms in total. The van der Waals surface area contributed by atoms with Crippen molar-refractivity contribution in [2.24, 2.45) is 5.92 Å². The summed E-state index contributed by atoms with van der Waals surface area (Å²) in [6.45, 7) is 6.39. The molecule has 1 aromatic rings. The van der Waals surface area contributed by atoms with Crippen molar-refractivity contribution in [3.8, 4) is 0 Å². The fraction of sp³-hybridized carbons (Fsp3) is 0.647. The Morgan fingerprint density at radius 1 is 1.30 bits per heavy atom. The highest BCUT2D eigenvalue weighted by Gasteiger charge is 2.45. The maximum Gasteiger partial charge on any atom is 0.124 e. The molecule has 1 aliphatic rings. The van der Waals surface area contributed by atoms with Crippen LogP contribution in [0.25, 0.3) is 0 Å². The first-order valence-corrected chi connectivity index (χ1v) is 8.15. The molecule has 3 heteroatoms. The van der Waals surface area contributed by atoms with E-state index in [9.17, 15) is 4.39 Å². The van der Waals surface area contributed by atoms with Crippen LogP contribution < -0.4 is 5.32 Å². The van der Waals surface area contributed by atoms with Crippen LogP contribution in [0.2, 0.25) is 5.02 Å². The molecule has 0 heterocycles. The first-order chi connectivity index (χ1) is 9.61. The summed E-state index contributed by atoms with van der Waals surface area (Å²) < 4.78 is 13.3. The van der Waals surface area contributed by atoms with Gasteiger partial charge in [-0.2, -0.15) is 0 Å². The summed E-state index contributed by atoms with van der Waals surface area (Å²) in [5.41, 5.74) is 1.23. The molecule has 0 atom stereocenters. The molecular formula is C17H25ClFN. The fourth-order valence-corrected chi connectivity index (χ4v) is 3.91. The third kappa shape index (κ3) is 3.35. The number of hydrogen-bond acceptors (Lipinski definition) is 1. The highest BCUT2D eigenvalue weighted by atomic mass is 35.5. The molecule has 0 amide bonds. The van der Waals surface area contributed by atoms with E-state index >= 15 is 0 Å². The van der Waals surface area contributed by atoms with Crippen molar-refractivity contribution >= 4 is 11.6 Å². The van der Waals surface area contributed by atoms with Crippen LogP contribution in [0.15, 0.2) is 18.2 Å². The quantitative estimate of drug-likeness (QED) is 0.704. The Balaban J connectivity index is 2.14. The molecule has 0 aliphatic heterocycles. The van der Waals surface area contributed by atoms with Gasteiger partial charge in [0.1, 0.15) is 5.82 Å². The molecule has 0 saturated heterocycles. The Hall–Kier alpha value is -0.600. The van der Waals surface area contributed by atoms with E-state index in [4.69, 9.17) is 11.6 Å². The van der Waals surface area contributed by atoms with Gasteiger partial charge in [-0.25, -0.2) is 4.39 Å². The van der Waals surface area contributed by atoms with Crippen LogP contribution in [0.1, 0.15) is 51.5 Å². The molecule has 1 saturated carbocycles. The molecular weight excluding hydrogens is 273 g/mol. The van der Waals surface area contributed by atoms with E-state index in [0.717, 1.165) is 31.0 Å². The zero-order chi connectivity index (χ0) is 14.6. The van der Waals surface area contributed by atoms with Gasteiger partial charge in [-0.3, -0.25) is 0 Å². The molecule has 20 heavy (non-hydrogen) atoms. The summed E-state index contributed by atoms with van der Waals surface area (Å²) in [5, 5.41) is 4.11. The lowest BCUT2D eigenvalue weighted by Gasteiger charge is -2.49. The van der Waals surface area contributed by atoms with Crippen molar-refractivity contribution in [3.05, 3.63) is 34.6 Å².